The van der Waals surface area contributed by atoms with E-state index in [1.54, 1.807) is 0 Å². The van der Waals surface area contributed by atoms with Crippen molar-refractivity contribution in [2.75, 3.05) is 13.1 Å². The summed E-state index contributed by atoms with van der Waals surface area (Å²) in [4.78, 5) is 9.61. The van der Waals surface area contributed by atoms with Crippen LogP contribution in [0.4, 0.5) is 0 Å². The summed E-state index contributed by atoms with van der Waals surface area (Å²) in [5.74, 6) is 2.33. The quantitative estimate of drug-likeness (QED) is 0.328. The molecule has 0 bridgehead atoms. The van der Waals surface area contributed by atoms with Crippen molar-refractivity contribution in [1.82, 2.24) is 0 Å². The van der Waals surface area contributed by atoms with Gasteiger partial charge < -0.3 is 0 Å². The first-order valence-corrected chi connectivity index (χ1v) is 9.35. The van der Waals surface area contributed by atoms with E-state index in [2.05, 4.69) is 55.4 Å². The van der Waals surface area contributed by atoms with Crippen LogP contribution < -0.4 is 0 Å². The van der Waals surface area contributed by atoms with Gasteiger partial charge in [-0.15, -0.1) is 0 Å². The maximum Gasteiger partial charge on any atom is 0.0388 e. The van der Waals surface area contributed by atoms with Gasteiger partial charge in [-0.1, -0.05) is 68.2 Å². The fourth-order valence-corrected chi connectivity index (χ4v) is 3.06. The van der Waals surface area contributed by atoms with E-state index in [1.807, 2.05) is 0 Å². The van der Waals surface area contributed by atoms with Gasteiger partial charge in [0.15, 0.2) is 0 Å². The minimum absolute atomic E-state index is 0.583. The summed E-state index contributed by atoms with van der Waals surface area (Å²) in [5.41, 5.74) is 2.76. The van der Waals surface area contributed by atoms with Crippen LogP contribution in [-0.2, 0) is 0 Å². The van der Waals surface area contributed by atoms with Crippen LogP contribution in [0.2, 0.25) is 0 Å². The first-order chi connectivity index (χ1) is 10.3. The van der Waals surface area contributed by atoms with E-state index in [9.17, 15) is 0 Å². The van der Waals surface area contributed by atoms with Crippen LogP contribution in [0.25, 0.3) is 0 Å². The van der Waals surface area contributed by atoms with Gasteiger partial charge in [0.1, 0.15) is 0 Å². The SMILES string of the molecule is CC(C)C(=NCCCCCCN=C(C(C)C)C(C)C)C(C)C. The minimum Gasteiger partial charge on any atom is -0.294 e. The first-order valence-electron chi connectivity index (χ1n) is 9.35. The van der Waals surface area contributed by atoms with Gasteiger partial charge in [0.2, 0.25) is 0 Å². The molecule has 0 amide bonds. The second-order valence-corrected chi connectivity index (χ2v) is 7.65. The van der Waals surface area contributed by atoms with E-state index in [1.165, 1.54) is 37.1 Å². The largest absolute Gasteiger partial charge is 0.294 e. The van der Waals surface area contributed by atoms with Gasteiger partial charge in [0.25, 0.3) is 0 Å². The average molecular weight is 309 g/mol. The fraction of sp³-hybridized carbons (Fsp3) is 0.900. The topological polar surface area (TPSA) is 24.7 Å². The number of unbranched alkanes of at least 4 members (excludes halogenated alkanes) is 3. The maximum atomic E-state index is 4.80. The molecule has 0 saturated carbocycles. The summed E-state index contributed by atoms with van der Waals surface area (Å²) >= 11 is 0. The van der Waals surface area contributed by atoms with E-state index in [0.717, 1.165) is 13.1 Å². The predicted molar refractivity (Wildman–Crippen MR) is 102 cm³/mol. The molecule has 0 aliphatic carbocycles. The summed E-state index contributed by atoms with van der Waals surface area (Å²) < 4.78 is 0. The number of nitrogens with zero attached hydrogens (tertiary/aromatic N) is 2. The first kappa shape index (κ1) is 21.3. The lowest BCUT2D eigenvalue weighted by molar-refractivity contribution is 0.643. The van der Waals surface area contributed by atoms with Crippen LogP contribution in [0.5, 0.6) is 0 Å². The van der Waals surface area contributed by atoms with Crippen LogP contribution in [-0.4, -0.2) is 24.5 Å². The molecule has 0 radical (unpaired) electrons. The molecule has 130 valence electrons. The Morgan fingerprint density at radius 2 is 0.773 bits per heavy atom. The van der Waals surface area contributed by atoms with Crippen molar-refractivity contribution in [3.05, 3.63) is 0 Å². The van der Waals surface area contributed by atoms with Gasteiger partial charge in [0, 0.05) is 24.5 Å². The van der Waals surface area contributed by atoms with Gasteiger partial charge in [-0.2, -0.15) is 0 Å². The van der Waals surface area contributed by atoms with Gasteiger partial charge in [-0.05, 0) is 36.5 Å². The van der Waals surface area contributed by atoms with Gasteiger partial charge in [-0.25, -0.2) is 0 Å². The Hall–Kier alpha value is -0.660. The summed E-state index contributed by atoms with van der Waals surface area (Å²) in [6.45, 7) is 20.0. The Labute approximate surface area is 139 Å². The van der Waals surface area contributed by atoms with Crippen molar-refractivity contribution in [1.29, 1.82) is 0 Å². The number of hydrogen-bond acceptors (Lipinski definition) is 2. The molecule has 0 aliphatic rings. The molecule has 2 nitrogen and oxygen atoms in total. The summed E-state index contributed by atoms with van der Waals surface area (Å²) in [7, 11) is 0. The third kappa shape index (κ3) is 9.38. The highest BCUT2D eigenvalue weighted by Gasteiger charge is 2.09. The Kier molecular flexibility index (Phi) is 11.5. The van der Waals surface area contributed by atoms with Crippen molar-refractivity contribution < 1.29 is 0 Å². The molecule has 0 aromatic rings. The molecule has 0 unspecified atom stereocenters. The minimum atomic E-state index is 0.583. The maximum absolute atomic E-state index is 4.80. The molecule has 0 spiro atoms. The molecule has 0 fully saturated rings. The molecule has 22 heavy (non-hydrogen) atoms. The molecule has 0 rings (SSSR count). The van der Waals surface area contributed by atoms with Gasteiger partial charge in [-0.3, -0.25) is 9.98 Å². The summed E-state index contributed by atoms with van der Waals surface area (Å²) in [6.07, 6.45) is 4.99. The van der Waals surface area contributed by atoms with Crippen molar-refractivity contribution in [2.24, 2.45) is 33.7 Å². The second-order valence-electron chi connectivity index (χ2n) is 7.65. The third-order valence-corrected chi connectivity index (χ3v) is 4.02. The molecule has 0 aromatic carbocycles. The Morgan fingerprint density at radius 3 is 1.00 bits per heavy atom. The molecule has 2 heteroatoms. The Bertz CT molecular complexity index is 282. The van der Waals surface area contributed by atoms with Crippen molar-refractivity contribution in [3.63, 3.8) is 0 Å². The lowest BCUT2D eigenvalue weighted by Crippen LogP contribution is -2.15. The van der Waals surface area contributed by atoms with Crippen molar-refractivity contribution in [2.45, 2.75) is 81.1 Å². The van der Waals surface area contributed by atoms with Crippen molar-refractivity contribution in [3.8, 4) is 0 Å². The second kappa shape index (κ2) is 11.8. The number of hydrogen-bond donors (Lipinski definition) is 0. The smallest absolute Gasteiger partial charge is 0.0388 e. The highest BCUT2D eigenvalue weighted by atomic mass is 14.7. The Morgan fingerprint density at radius 1 is 0.500 bits per heavy atom. The molecular formula is C20H40N2. The highest BCUT2D eigenvalue weighted by molar-refractivity contribution is 5.88. The van der Waals surface area contributed by atoms with Crippen LogP contribution in [0, 0.1) is 23.7 Å². The van der Waals surface area contributed by atoms with E-state index in [0.29, 0.717) is 23.7 Å². The van der Waals surface area contributed by atoms with E-state index in [4.69, 9.17) is 9.98 Å². The Balaban J connectivity index is 3.91. The number of rotatable bonds is 11. The molecule has 0 heterocycles. The zero-order valence-electron chi connectivity index (χ0n) is 16.4. The highest BCUT2D eigenvalue weighted by Crippen LogP contribution is 2.11. The zero-order chi connectivity index (χ0) is 17.1. The van der Waals surface area contributed by atoms with Gasteiger partial charge >= 0.3 is 0 Å². The molecule has 0 aliphatic heterocycles. The van der Waals surface area contributed by atoms with Gasteiger partial charge in [0.05, 0.1) is 0 Å². The third-order valence-electron chi connectivity index (χ3n) is 4.02. The summed E-state index contributed by atoms with van der Waals surface area (Å²) in [6, 6.07) is 0. The number of aliphatic imine (C=N–C) groups is 2. The zero-order valence-corrected chi connectivity index (χ0v) is 16.4. The van der Waals surface area contributed by atoms with E-state index >= 15 is 0 Å². The molecule has 0 saturated heterocycles. The van der Waals surface area contributed by atoms with Crippen LogP contribution in [0.1, 0.15) is 81.1 Å². The fourth-order valence-electron chi connectivity index (χ4n) is 3.06. The monoisotopic (exact) mass is 308 g/mol. The molecule has 0 aromatic heterocycles. The van der Waals surface area contributed by atoms with Crippen LogP contribution in [0.15, 0.2) is 9.98 Å². The van der Waals surface area contributed by atoms with E-state index in [-0.39, 0.29) is 0 Å². The van der Waals surface area contributed by atoms with Crippen LogP contribution in [0.3, 0.4) is 0 Å². The predicted octanol–water partition coefficient (Wildman–Crippen LogP) is 6.05. The molecule has 0 atom stereocenters. The van der Waals surface area contributed by atoms with Crippen LogP contribution >= 0.6 is 0 Å². The average Bonchev–Trinajstić information content (AvgIpc) is 2.38. The normalized spacial score (nSPS) is 11.6. The standard InChI is InChI=1S/C20H40N2/c1-15(2)19(16(3)4)21-13-11-9-10-12-14-22-20(17(5)6)18(7)8/h15-18H,9-14H2,1-8H3. The lowest BCUT2D eigenvalue weighted by Gasteiger charge is -2.14. The van der Waals surface area contributed by atoms with Crippen molar-refractivity contribution >= 4 is 11.4 Å². The lowest BCUT2D eigenvalue weighted by atomic mass is 9.97. The molecule has 0 N–H and O–H groups in total. The molecular weight excluding hydrogens is 268 g/mol. The summed E-state index contributed by atoms with van der Waals surface area (Å²) in [5, 5.41) is 0. The van der Waals surface area contributed by atoms with E-state index < -0.39 is 0 Å².